The van der Waals surface area contributed by atoms with Crippen LogP contribution in [0, 0.1) is 0 Å². The maximum Gasteiger partial charge on any atom is 0.153 e. The van der Waals surface area contributed by atoms with E-state index in [-0.39, 0.29) is 0 Å². The molecule has 1 aliphatic rings. The fourth-order valence-corrected chi connectivity index (χ4v) is 1.85. The van der Waals surface area contributed by atoms with Gasteiger partial charge < -0.3 is 4.74 Å². The van der Waals surface area contributed by atoms with Crippen molar-refractivity contribution in [1.29, 1.82) is 0 Å². The molecule has 0 radical (unpaired) electrons. The number of H-pyrrole nitrogens is 1. The standard InChI is InChI=1S/C11H19N3O/c1-8(2)11-12-10(13-14-11)6-5-9-4-3-7-15-9/h8-9H,3-7H2,1-2H3,(H,12,13,14). The zero-order chi connectivity index (χ0) is 10.7. The SMILES string of the molecule is CC(C)c1n[nH]c(CCC2CCCO2)n1. The molecule has 15 heavy (non-hydrogen) atoms. The molecule has 0 bridgehead atoms. The van der Waals surface area contributed by atoms with Crippen molar-refractivity contribution in [2.75, 3.05) is 6.61 Å². The summed E-state index contributed by atoms with van der Waals surface area (Å²) in [6.45, 7) is 5.14. The highest BCUT2D eigenvalue weighted by molar-refractivity contribution is 4.95. The molecule has 1 saturated heterocycles. The normalized spacial score (nSPS) is 21.4. The summed E-state index contributed by atoms with van der Waals surface area (Å²) in [5.74, 6) is 2.31. The number of rotatable bonds is 4. The molecule has 1 aromatic rings. The number of ether oxygens (including phenoxy) is 1. The monoisotopic (exact) mass is 209 g/mol. The van der Waals surface area contributed by atoms with Gasteiger partial charge >= 0.3 is 0 Å². The molecule has 0 saturated carbocycles. The number of nitrogens with one attached hydrogen (secondary N) is 1. The lowest BCUT2D eigenvalue weighted by Crippen LogP contribution is -2.06. The van der Waals surface area contributed by atoms with Gasteiger partial charge in [-0.3, -0.25) is 5.10 Å². The van der Waals surface area contributed by atoms with E-state index in [1.54, 1.807) is 0 Å². The Morgan fingerprint density at radius 1 is 1.53 bits per heavy atom. The Bertz CT molecular complexity index is 303. The number of hydrogen-bond acceptors (Lipinski definition) is 3. The van der Waals surface area contributed by atoms with Crippen LogP contribution in [0.15, 0.2) is 0 Å². The molecule has 2 heterocycles. The smallest absolute Gasteiger partial charge is 0.153 e. The maximum absolute atomic E-state index is 5.57. The fraction of sp³-hybridized carbons (Fsp3) is 0.818. The van der Waals surface area contributed by atoms with Gasteiger partial charge in [-0.2, -0.15) is 5.10 Å². The summed E-state index contributed by atoms with van der Waals surface area (Å²) >= 11 is 0. The van der Waals surface area contributed by atoms with Crippen molar-refractivity contribution in [2.24, 2.45) is 0 Å². The van der Waals surface area contributed by atoms with E-state index in [2.05, 4.69) is 29.0 Å². The van der Waals surface area contributed by atoms with Crippen LogP contribution in [0.2, 0.25) is 0 Å². The molecule has 4 nitrogen and oxygen atoms in total. The highest BCUT2D eigenvalue weighted by Crippen LogP contribution is 2.17. The highest BCUT2D eigenvalue weighted by atomic mass is 16.5. The van der Waals surface area contributed by atoms with Crippen LogP contribution in [-0.2, 0) is 11.2 Å². The van der Waals surface area contributed by atoms with Crippen LogP contribution in [-0.4, -0.2) is 27.9 Å². The molecular formula is C11H19N3O. The molecule has 4 heteroatoms. The molecular weight excluding hydrogens is 190 g/mol. The second-order valence-corrected chi connectivity index (χ2v) is 4.47. The minimum Gasteiger partial charge on any atom is -0.378 e. The molecule has 1 aliphatic heterocycles. The molecule has 1 N–H and O–H groups in total. The number of aromatic amines is 1. The summed E-state index contributed by atoms with van der Waals surface area (Å²) in [5, 5.41) is 7.18. The van der Waals surface area contributed by atoms with E-state index < -0.39 is 0 Å². The van der Waals surface area contributed by atoms with Gasteiger partial charge in [0.25, 0.3) is 0 Å². The quantitative estimate of drug-likeness (QED) is 0.825. The summed E-state index contributed by atoms with van der Waals surface area (Å²) < 4.78 is 5.57. The van der Waals surface area contributed by atoms with E-state index in [9.17, 15) is 0 Å². The van der Waals surface area contributed by atoms with Crippen LogP contribution in [0.1, 0.15) is 50.7 Å². The van der Waals surface area contributed by atoms with Crippen LogP contribution in [0.3, 0.4) is 0 Å². The van der Waals surface area contributed by atoms with E-state index in [1.807, 2.05) is 0 Å². The first-order valence-corrected chi connectivity index (χ1v) is 5.78. The summed E-state index contributed by atoms with van der Waals surface area (Å²) in [5.41, 5.74) is 0. The van der Waals surface area contributed by atoms with Gasteiger partial charge in [-0.1, -0.05) is 13.8 Å². The zero-order valence-corrected chi connectivity index (χ0v) is 9.49. The zero-order valence-electron chi connectivity index (χ0n) is 9.49. The predicted octanol–water partition coefficient (Wildman–Crippen LogP) is 2.04. The molecule has 0 spiro atoms. The Labute approximate surface area is 90.4 Å². The lowest BCUT2D eigenvalue weighted by molar-refractivity contribution is 0.104. The minimum absolute atomic E-state index is 0.401. The molecule has 1 fully saturated rings. The van der Waals surface area contributed by atoms with Crippen molar-refractivity contribution in [1.82, 2.24) is 15.2 Å². The van der Waals surface area contributed by atoms with Gasteiger partial charge in [0.05, 0.1) is 6.10 Å². The molecule has 0 amide bonds. The van der Waals surface area contributed by atoms with Crippen molar-refractivity contribution in [2.45, 2.75) is 51.6 Å². The molecule has 1 aromatic heterocycles. The molecule has 2 rings (SSSR count). The molecule has 0 aromatic carbocycles. The third kappa shape index (κ3) is 2.78. The largest absolute Gasteiger partial charge is 0.378 e. The van der Waals surface area contributed by atoms with Gasteiger partial charge in [0, 0.05) is 18.9 Å². The summed E-state index contributed by atoms with van der Waals surface area (Å²) in [6.07, 6.45) is 4.86. The number of aromatic nitrogens is 3. The highest BCUT2D eigenvalue weighted by Gasteiger charge is 2.16. The Hall–Kier alpha value is -0.900. The van der Waals surface area contributed by atoms with Gasteiger partial charge in [-0.15, -0.1) is 0 Å². The number of nitrogens with zero attached hydrogens (tertiary/aromatic N) is 2. The van der Waals surface area contributed by atoms with Crippen molar-refractivity contribution in [3.8, 4) is 0 Å². The topological polar surface area (TPSA) is 50.8 Å². The van der Waals surface area contributed by atoms with Gasteiger partial charge in [-0.25, -0.2) is 4.98 Å². The van der Waals surface area contributed by atoms with Gasteiger partial charge in [-0.05, 0) is 19.3 Å². The van der Waals surface area contributed by atoms with Gasteiger partial charge in [0.2, 0.25) is 0 Å². The first-order valence-electron chi connectivity index (χ1n) is 5.78. The Morgan fingerprint density at radius 3 is 3.00 bits per heavy atom. The summed E-state index contributed by atoms with van der Waals surface area (Å²) in [7, 11) is 0. The maximum atomic E-state index is 5.57. The predicted molar refractivity (Wildman–Crippen MR) is 57.8 cm³/mol. The van der Waals surface area contributed by atoms with Crippen LogP contribution in [0.25, 0.3) is 0 Å². The van der Waals surface area contributed by atoms with E-state index in [1.165, 1.54) is 12.8 Å². The first-order chi connectivity index (χ1) is 7.25. The second-order valence-electron chi connectivity index (χ2n) is 4.47. The fourth-order valence-electron chi connectivity index (χ4n) is 1.85. The summed E-state index contributed by atoms with van der Waals surface area (Å²) in [6, 6.07) is 0. The van der Waals surface area contributed by atoms with Crippen molar-refractivity contribution in [3.05, 3.63) is 11.6 Å². The second kappa shape index (κ2) is 4.75. The Balaban J connectivity index is 1.82. The van der Waals surface area contributed by atoms with E-state index in [4.69, 9.17) is 4.74 Å². The Morgan fingerprint density at radius 2 is 2.40 bits per heavy atom. The van der Waals surface area contributed by atoms with Crippen molar-refractivity contribution >= 4 is 0 Å². The van der Waals surface area contributed by atoms with Crippen LogP contribution in [0.5, 0.6) is 0 Å². The van der Waals surface area contributed by atoms with E-state index in [0.717, 1.165) is 31.1 Å². The summed E-state index contributed by atoms with van der Waals surface area (Å²) in [4.78, 5) is 4.45. The van der Waals surface area contributed by atoms with E-state index in [0.29, 0.717) is 12.0 Å². The van der Waals surface area contributed by atoms with Gasteiger partial charge in [0.15, 0.2) is 5.82 Å². The number of aryl methyl sites for hydroxylation is 1. The average Bonchev–Trinajstić information content (AvgIpc) is 2.86. The van der Waals surface area contributed by atoms with Crippen LogP contribution >= 0.6 is 0 Å². The molecule has 1 unspecified atom stereocenters. The molecule has 84 valence electrons. The van der Waals surface area contributed by atoms with Gasteiger partial charge in [0.1, 0.15) is 5.82 Å². The van der Waals surface area contributed by atoms with Crippen molar-refractivity contribution < 1.29 is 4.74 Å². The average molecular weight is 209 g/mol. The van der Waals surface area contributed by atoms with Crippen LogP contribution in [0.4, 0.5) is 0 Å². The lowest BCUT2D eigenvalue weighted by Gasteiger charge is -2.06. The minimum atomic E-state index is 0.401. The number of hydrogen-bond donors (Lipinski definition) is 1. The van der Waals surface area contributed by atoms with Crippen molar-refractivity contribution in [3.63, 3.8) is 0 Å². The lowest BCUT2D eigenvalue weighted by atomic mass is 10.1. The molecule has 0 aliphatic carbocycles. The third-order valence-electron chi connectivity index (χ3n) is 2.79. The molecule has 1 atom stereocenters. The third-order valence-corrected chi connectivity index (χ3v) is 2.79. The van der Waals surface area contributed by atoms with Crippen LogP contribution < -0.4 is 0 Å². The Kier molecular flexibility index (Phi) is 3.36. The van der Waals surface area contributed by atoms with E-state index >= 15 is 0 Å². The first kappa shape index (κ1) is 10.6.